The van der Waals surface area contributed by atoms with Crippen LogP contribution in [0.4, 0.5) is 0 Å². The number of hydrogen-bond donors (Lipinski definition) is 2. The smallest absolute Gasteiger partial charge is 0.239 e. The van der Waals surface area contributed by atoms with Gasteiger partial charge in [-0.2, -0.15) is 0 Å². The first-order valence-electron chi connectivity index (χ1n) is 11.4. The highest BCUT2D eigenvalue weighted by atomic mass is 32.2. The summed E-state index contributed by atoms with van der Waals surface area (Å²) in [6.45, 7) is 0. The first kappa shape index (κ1) is 19.8. The van der Waals surface area contributed by atoms with Gasteiger partial charge < -0.3 is 10.4 Å². The molecule has 5 aliphatic rings. The minimum absolute atomic E-state index is 0.00846. The van der Waals surface area contributed by atoms with Crippen LogP contribution in [-0.2, 0) is 16.6 Å². The molecular weight excluding hydrogens is 422 g/mol. The molecule has 7 rings (SSSR count). The monoisotopic (exact) mass is 449 g/mol. The number of thiocarbonyl (C=S) groups is 1. The van der Waals surface area contributed by atoms with Crippen LogP contribution in [-0.4, -0.2) is 20.6 Å². The first-order chi connectivity index (χ1) is 15.0. The minimum Gasteiger partial charge on any atom is -0.508 e. The summed E-state index contributed by atoms with van der Waals surface area (Å²) in [5, 5.41) is 13.5. The molecule has 2 aromatic rings. The Labute approximate surface area is 193 Å². The third-order valence-corrected chi connectivity index (χ3v) is 9.43. The Morgan fingerprint density at radius 1 is 1.00 bits per heavy atom. The van der Waals surface area contributed by atoms with Crippen molar-refractivity contribution in [2.24, 2.45) is 17.8 Å². The molecule has 4 saturated carbocycles. The summed E-state index contributed by atoms with van der Waals surface area (Å²) >= 11 is 6.58. The van der Waals surface area contributed by atoms with E-state index in [0.29, 0.717) is 16.5 Å². The Morgan fingerprint density at radius 2 is 1.68 bits per heavy atom. The summed E-state index contributed by atoms with van der Waals surface area (Å²) in [6, 6.07) is 14.7. The molecule has 2 N–H and O–H groups in total. The number of rotatable bonds is 4. The molecule has 5 fully saturated rings. The highest BCUT2D eigenvalue weighted by Crippen LogP contribution is 2.62. The van der Waals surface area contributed by atoms with Gasteiger partial charge in [-0.05, 0) is 96.9 Å². The molecular formula is C26H27NO2S2. The predicted octanol–water partition coefficient (Wildman–Crippen LogP) is 5.59. The molecule has 1 aliphatic heterocycles. The average Bonchev–Trinajstić information content (AvgIpc) is 3.04. The first-order valence-corrected chi connectivity index (χ1v) is 12.7. The van der Waals surface area contributed by atoms with Crippen LogP contribution in [0.3, 0.4) is 0 Å². The summed E-state index contributed by atoms with van der Waals surface area (Å²) in [4.78, 5) is 12.1. The molecule has 1 heterocycles. The maximum Gasteiger partial charge on any atom is 0.239 e. The molecule has 1 atom stereocenters. The van der Waals surface area contributed by atoms with Gasteiger partial charge in [-0.15, -0.1) is 0 Å². The molecule has 5 heteroatoms. The fraction of sp³-hybridized carbons (Fsp3) is 0.462. The zero-order valence-electron chi connectivity index (χ0n) is 17.5. The SMILES string of the molecule is O=C1NC(=S)SC1Cc1cccc(-c2ccc(O)c(C34CC5CC(CC(C5)C3)C4)c2)c1. The highest BCUT2D eigenvalue weighted by Gasteiger charge is 2.52. The van der Waals surface area contributed by atoms with E-state index < -0.39 is 0 Å². The van der Waals surface area contributed by atoms with E-state index in [1.807, 2.05) is 12.1 Å². The molecule has 1 saturated heterocycles. The van der Waals surface area contributed by atoms with E-state index in [2.05, 4.69) is 35.6 Å². The normalized spacial score (nSPS) is 33.7. The van der Waals surface area contributed by atoms with Gasteiger partial charge in [0.1, 0.15) is 10.1 Å². The summed E-state index contributed by atoms with van der Waals surface area (Å²) in [6.07, 6.45) is 8.59. The van der Waals surface area contributed by atoms with E-state index in [1.54, 1.807) is 0 Å². The van der Waals surface area contributed by atoms with Crippen LogP contribution in [0.5, 0.6) is 5.75 Å². The van der Waals surface area contributed by atoms with E-state index in [-0.39, 0.29) is 16.6 Å². The van der Waals surface area contributed by atoms with Crippen LogP contribution in [0, 0.1) is 17.8 Å². The number of nitrogens with one attached hydrogen (secondary N) is 1. The van der Waals surface area contributed by atoms with Crippen molar-refractivity contribution in [3.63, 3.8) is 0 Å². The summed E-state index contributed by atoms with van der Waals surface area (Å²) in [5.41, 5.74) is 4.78. The van der Waals surface area contributed by atoms with Crippen LogP contribution in [0.15, 0.2) is 42.5 Å². The van der Waals surface area contributed by atoms with Crippen molar-refractivity contribution in [2.75, 3.05) is 0 Å². The number of phenols is 1. The largest absolute Gasteiger partial charge is 0.508 e. The standard InChI is InChI=1S/C26H27NO2S2/c28-22-5-4-20(11-21(22)26-12-16-6-17(13-26)8-18(7-16)14-26)19-3-1-2-15(9-19)10-23-24(29)27-25(30)31-23/h1-5,9,11,16-18,23,28H,6-8,10,12-14H2,(H,27,29,30). The minimum atomic E-state index is -0.148. The van der Waals surface area contributed by atoms with E-state index in [4.69, 9.17) is 12.2 Å². The number of phenolic OH excluding ortho intramolecular Hbond substituents is 1. The third kappa shape index (κ3) is 3.50. The molecule has 31 heavy (non-hydrogen) atoms. The third-order valence-electron chi connectivity index (χ3n) is 8.05. The lowest BCUT2D eigenvalue weighted by atomic mass is 9.48. The molecule has 1 amide bonds. The van der Waals surface area contributed by atoms with Gasteiger partial charge in [0.15, 0.2) is 0 Å². The molecule has 2 aromatic carbocycles. The Bertz CT molecular complexity index is 1040. The highest BCUT2D eigenvalue weighted by molar-refractivity contribution is 8.24. The topological polar surface area (TPSA) is 49.3 Å². The van der Waals surface area contributed by atoms with Crippen LogP contribution in [0.25, 0.3) is 11.1 Å². The Balaban J connectivity index is 1.32. The second kappa shape index (κ2) is 7.35. The average molecular weight is 450 g/mol. The van der Waals surface area contributed by atoms with Crippen LogP contribution in [0.1, 0.15) is 49.7 Å². The van der Waals surface area contributed by atoms with Gasteiger partial charge in [-0.3, -0.25) is 4.79 Å². The summed E-state index contributed by atoms with van der Waals surface area (Å²) < 4.78 is 0.574. The van der Waals surface area contributed by atoms with Gasteiger partial charge in [0.25, 0.3) is 0 Å². The van der Waals surface area contributed by atoms with Gasteiger partial charge in [-0.25, -0.2) is 0 Å². The number of carbonyl (C=O) groups excluding carboxylic acids is 1. The van der Waals surface area contributed by atoms with Crippen molar-refractivity contribution in [1.82, 2.24) is 5.32 Å². The maximum atomic E-state index is 12.1. The zero-order chi connectivity index (χ0) is 21.2. The number of carbonyl (C=O) groups is 1. The Kier molecular flexibility index (Phi) is 4.69. The Hall–Kier alpha value is -1.85. The van der Waals surface area contributed by atoms with Gasteiger partial charge in [0.05, 0.1) is 5.25 Å². The molecule has 1 unspecified atom stereocenters. The van der Waals surface area contributed by atoms with E-state index >= 15 is 0 Å². The number of hydrogen-bond acceptors (Lipinski definition) is 4. The lowest BCUT2D eigenvalue weighted by Crippen LogP contribution is -2.48. The van der Waals surface area contributed by atoms with Gasteiger partial charge in [0.2, 0.25) is 5.91 Å². The second-order valence-corrected chi connectivity index (χ2v) is 12.1. The summed E-state index contributed by atoms with van der Waals surface area (Å²) in [7, 11) is 0. The fourth-order valence-corrected chi connectivity index (χ4v) is 8.51. The molecule has 4 bridgehead atoms. The van der Waals surface area contributed by atoms with Crippen molar-refractivity contribution >= 4 is 34.2 Å². The quantitative estimate of drug-likeness (QED) is 0.598. The molecule has 0 spiro atoms. The van der Waals surface area contributed by atoms with Crippen molar-refractivity contribution in [2.45, 2.75) is 55.6 Å². The number of amides is 1. The fourth-order valence-electron chi connectivity index (χ4n) is 7.20. The summed E-state index contributed by atoms with van der Waals surface area (Å²) in [5.74, 6) is 3.01. The van der Waals surface area contributed by atoms with Crippen molar-refractivity contribution < 1.29 is 9.90 Å². The van der Waals surface area contributed by atoms with Crippen LogP contribution < -0.4 is 5.32 Å². The van der Waals surface area contributed by atoms with Crippen molar-refractivity contribution in [3.05, 3.63) is 53.6 Å². The van der Waals surface area contributed by atoms with E-state index in [1.165, 1.54) is 55.9 Å². The van der Waals surface area contributed by atoms with Crippen LogP contribution in [0.2, 0.25) is 0 Å². The number of thioether (sulfide) groups is 1. The molecule has 0 radical (unpaired) electrons. The number of aromatic hydroxyl groups is 1. The lowest BCUT2D eigenvalue weighted by molar-refractivity contribution is -0.118. The molecule has 160 valence electrons. The predicted molar refractivity (Wildman–Crippen MR) is 129 cm³/mol. The van der Waals surface area contributed by atoms with Crippen molar-refractivity contribution in [3.8, 4) is 16.9 Å². The second-order valence-electron chi connectivity index (χ2n) is 10.2. The Morgan fingerprint density at radius 3 is 2.32 bits per heavy atom. The van der Waals surface area contributed by atoms with E-state index in [9.17, 15) is 9.90 Å². The van der Waals surface area contributed by atoms with E-state index in [0.717, 1.165) is 34.4 Å². The van der Waals surface area contributed by atoms with Gasteiger partial charge in [-0.1, -0.05) is 54.3 Å². The molecule has 3 nitrogen and oxygen atoms in total. The van der Waals surface area contributed by atoms with Gasteiger partial charge >= 0.3 is 0 Å². The van der Waals surface area contributed by atoms with Gasteiger partial charge in [0, 0.05) is 5.56 Å². The number of benzene rings is 2. The van der Waals surface area contributed by atoms with Crippen molar-refractivity contribution in [1.29, 1.82) is 0 Å². The van der Waals surface area contributed by atoms with Crippen LogP contribution >= 0.6 is 24.0 Å². The molecule has 4 aliphatic carbocycles. The lowest BCUT2D eigenvalue weighted by Gasteiger charge is -2.57. The molecule has 0 aromatic heterocycles. The maximum absolute atomic E-state index is 12.1. The zero-order valence-corrected chi connectivity index (χ0v) is 19.1.